The number of rotatable bonds is 5. The summed E-state index contributed by atoms with van der Waals surface area (Å²) in [5.74, 6) is 0.752. The van der Waals surface area contributed by atoms with Gasteiger partial charge in [0.15, 0.2) is 15.3 Å². The van der Waals surface area contributed by atoms with Crippen LogP contribution in [0.2, 0.25) is 5.02 Å². The van der Waals surface area contributed by atoms with E-state index in [0.29, 0.717) is 5.02 Å². The molecule has 0 spiro atoms. The van der Waals surface area contributed by atoms with Crippen molar-refractivity contribution in [2.75, 3.05) is 0 Å². The van der Waals surface area contributed by atoms with Gasteiger partial charge in [0.05, 0.1) is 11.9 Å². The summed E-state index contributed by atoms with van der Waals surface area (Å²) in [4.78, 5) is 9.88. The van der Waals surface area contributed by atoms with Crippen LogP contribution in [0.25, 0.3) is 27.7 Å². The van der Waals surface area contributed by atoms with Gasteiger partial charge in [-0.2, -0.15) is 0 Å². The summed E-state index contributed by atoms with van der Waals surface area (Å²) in [6.45, 7) is 2.80. The molecular formula is C19H14ClN7S2. The van der Waals surface area contributed by atoms with Crippen molar-refractivity contribution < 1.29 is 0 Å². The van der Waals surface area contributed by atoms with Gasteiger partial charge in [0.1, 0.15) is 5.69 Å². The molecule has 5 rings (SSSR count). The molecule has 5 aromatic rings. The van der Waals surface area contributed by atoms with E-state index in [1.54, 1.807) is 10.7 Å². The zero-order chi connectivity index (χ0) is 19.8. The maximum absolute atomic E-state index is 5.96. The highest BCUT2D eigenvalue weighted by Gasteiger charge is 2.17. The Morgan fingerprint density at radius 1 is 1.07 bits per heavy atom. The maximum Gasteiger partial charge on any atom is 0.213 e. The van der Waals surface area contributed by atoms with Crippen LogP contribution < -0.4 is 0 Å². The van der Waals surface area contributed by atoms with Crippen molar-refractivity contribution in [2.24, 2.45) is 0 Å². The Morgan fingerprint density at radius 3 is 2.66 bits per heavy atom. The second-order valence-corrected chi connectivity index (χ2v) is 8.70. The fourth-order valence-corrected chi connectivity index (χ4v) is 4.94. The summed E-state index contributed by atoms with van der Waals surface area (Å²) in [7, 11) is 0. The summed E-state index contributed by atoms with van der Waals surface area (Å²) in [5, 5.41) is 14.8. The zero-order valence-corrected chi connectivity index (χ0v) is 17.6. The third-order valence-corrected chi connectivity index (χ3v) is 6.48. The first kappa shape index (κ1) is 18.3. The average molecular weight is 440 g/mol. The zero-order valence-electron chi connectivity index (χ0n) is 15.2. The normalized spacial score (nSPS) is 11.4. The number of halogens is 1. The monoisotopic (exact) mass is 439 g/mol. The van der Waals surface area contributed by atoms with Crippen LogP contribution >= 0.6 is 34.7 Å². The van der Waals surface area contributed by atoms with Gasteiger partial charge in [0.2, 0.25) is 4.96 Å². The van der Waals surface area contributed by atoms with Gasteiger partial charge in [-0.05, 0) is 43.0 Å². The molecule has 10 heteroatoms. The van der Waals surface area contributed by atoms with Crippen molar-refractivity contribution in [3.05, 3.63) is 59.9 Å². The van der Waals surface area contributed by atoms with Gasteiger partial charge in [-0.15, -0.1) is 15.3 Å². The Morgan fingerprint density at radius 2 is 1.93 bits per heavy atom. The molecule has 0 unspecified atom stereocenters. The lowest BCUT2D eigenvalue weighted by molar-refractivity contribution is 0.685. The Hall–Kier alpha value is -2.75. The predicted octanol–water partition coefficient (Wildman–Crippen LogP) is 4.94. The summed E-state index contributed by atoms with van der Waals surface area (Å²) in [6, 6.07) is 13.4. The number of benzene rings is 1. The number of fused-ring (bicyclic) bond motifs is 1. The van der Waals surface area contributed by atoms with Gasteiger partial charge >= 0.3 is 0 Å². The summed E-state index contributed by atoms with van der Waals surface area (Å²) in [6.07, 6.45) is 3.67. The summed E-state index contributed by atoms with van der Waals surface area (Å²) < 4.78 is 4.68. The van der Waals surface area contributed by atoms with E-state index in [-0.39, 0.29) is 0 Å². The number of hydrogen-bond donors (Lipinski definition) is 0. The van der Waals surface area contributed by atoms with Gasteiger partial charge in [-0.3, -0.25) is 4.98 Å². The molecule has 0 atom stereocenters. The number of hydrogen-bond acceptors (Lipinski definition) is 7. The molecule has 0 aliphatic rings. The first-order valence-electron chi connectivity index (χ1n) is 8.86. The van der Waals surface area contributed by atoms with E-state index in [1.165, 1.54) is 23.1 Å². The second-order valence-electron chi connectivity index (χ2n) is 6.10. The van der Waals surface area contributed by atoms with E-state index in [1.807, 2.05) is 53.2 Å². The van der Waals surface area contributed by atoms with Gasteiger partial charge in [0, 0.05) is 23.3 Å². The molecule has 0 N–H and O–H groups in total. The lowest BCUT2D eigenvalue weighted by Crippen LogP contribution is -2.00. The minimum Gasteiger partial charge on any atom is -0.301 e. The minimum absolute atomic E-state index is 0.705. The molecule has 0 amide bonds. The maximum atomic E-state index is 5.96. The topological polar surface area (TPSA) is 73.8 Å². The number of aromatic nitrogens is 7. The number of imidazole rings is 1. The van der Waals surface area contributed by atoms with Crippen LogP contribution in [0.5, 0.6) is 0 Å². The number of pyridine rings is 1. The third-order valence-electron chi connectivity index (χ3n) is 4.27. The lowest BCUT2D eigenvalue weighted by Gasteiger charge is -2.05. The largest absolute Gasteiger partial charge is 0.301 e. The van der Waals surface area contributed by atoms with E-state index >= 15 is 0 Å². The minimum atomic E-state index is 0.705. The smallest absolute Gasteiger partial charge is 0.213 e. The molecule has 144 valence electrons. The highest BCUT2D eigenvalue weighted by molar-refractivity contribution is 8.01. The molecular weight excluding hydrogens is 426 g/mol. The Labute approximate surface area is 179 Å². The van der Waals surface area contributed by atoms with Crippen LogP contribution in [0.4, 0.5) is 0 Å². The van der Waals surface area contributed by atoms with Crippen molar-refractivity contribution in [3.63, 3.8) is 0 Å². The molecule has 0 bridgehead atoms. The van der Waals surface area contributed by atoms with Crippen molar-refractivity contribution in [2.45, 2.75) is 23.0 Å². The molecule has 0 radical (unpaired) electrons. The van der Waals surface area contributed by atoms with Crippen LogP contribution in [0, 0.1) is 0 Å². The quantitative estimate of drug-likeness (QED) is 0.386. The van der Waals surface area contributed by atoms with E-state index < -0.39 is 0 Å². The Kier molecular flexibility index (Phi) is 4.78. The van der Waals surface area contributed by atoms with Gasteiger partial charge in [0.25, 0.3) is 0 Å². The van der Waals surface area contributed by atoms with Crippen LogP contribution in [0.1, 0.15) is 6.92 Å². The van der Waals surface area contributed by atoms with Crippen LogP contribution in [-0.2, 0) is 6.54 Å². The molecule has 0 saturated carbocycles. The molecule has 4 aromatic heterocycles. The molecule has 1 aromatic carbocycles. The molecule has 0 saturated heterocycles. The van der Waals surface area contributed by atoms with Gasteiger partial charge < -0.3 is 4.57 Å². The van der Waals surface area contributed by atoms with Crippen LogP contribution in [0.15, 0.2) is 64.4 Å². The van der Waals surface area contributed by atoms with Crippen molar-refractivity contribution in [3.8, 4) is 22.8 Å². The molecule has 0 fully saturated rings. The first-order chi connectivity index (χ1) is 14.2. The summed E-state index contributed by atoms with van der Waals surface area (Å²) in [5.41, 5.74) is 2.67. The van der Waals surface area contributed by atoms with Crippen LogP contribution in [0.3, 0.4) is 0 Å². The molecule has 4 heterocycles. The SMILES string of the molecule is CCn1c(Sc2nn3cc(-c4ccc(Cl)cc4)nc3s2)nnc1-c1ccccn1. The van der Waals surface area contributed by atoms with Crippen molar-refractivity contribution >= 4 is 39.7 Å². The van der Waals surface area contributed by atoms with Crippen molar-refractivity contribution in [1.29, 1.82) is 0 Å². The predicted molar refractivity (Wildman–Crippen MR) is 114 cm³/mol. The van der Waals surface area contributed by atoms with E-state index in [9.17, 15) is 0 Å². The van der Waals surface area contributed by atoms with Gasteiger partial charge in [-0.1, -0.05) is 41.1 Å². The molecule has 0 aliphatic carbocycles. The Bertz CT molecular complexity index is 1240. The second kappa shape index (κ2) is 7.58. The highest BCUT2D eigenvalue weighted by Crippen LogP contribution is 2.33. The lowest BCUT2D eigenvalue weighted by atomic mass is 10.2. The van der Waals surface area contributed by atoms with Crippen molar-refractivity contribution in [1.82, 2.24) is 34.3 Å². The van der Waals surface area contributed by atoms with Crippen LogP contribution in [-0.4, -0.2) is 34.3 Å². The standard InChI is InChI=1S/C19H14ClN7S2/c1-2-26-16(14-5-3-4-10-21-14)23-24-18(26)29-19-25-27-11-15(22-17(27)28-19)12-6-8-13(20)9-7-12/h3-11H,2H2,1H3. The van der Waals surface area contributed by atoms with E-state index in [2.05, 4.69) is 32.2 Å². The van der Waals surface area contributed by atoms with E-state index in [0.717, 1.165) is 43.8 Å². The third kappa shape index (κ3) is 3.52. The molecule has 29 heavy (non-hydrogen) atoms. The average Bonchev–Trinajstić information content (AvgIpc) is 3.42. The fourth-order valence-electron chi connectivity index (χ4n) is 2.89. The summed E-state index contributed by atoms with van der Waals surface area (Å²) >= 11 is 8.96. The van der Waals surface area contributed by atoms with E-state index in [4.69, 9.17) is 11.6 Å². The fraction of sp³-hybridized carbons (Fsp3) is 0.105. The first-order valence-corrected chi connectivity index (χ1v) is 10.9. The highest BCUT2D eigenvalue weighted by atomic mass is 35.5. The Balaban J connectivity index is 1.43. The molecule has 0 aliphatic heterocycles. The molecule has 7 nitrogen and oxygen atoms in total. The van der Waals surface area contributed by atoms with Gasteiger partial charge in [-0.25, -0.2) is 9.50 Å². The number of nitrogens with zero attached hydrogens (tertiary/aromatic N) is 7.